The fraction of sp³-hybridized carbons (Fsp3) is 1.00. The Morgan fingerprint density at radius 2 is 0.773 bits per heavy atom. The summed E-state index contributed by atoms with van der Waals surface area (Å²) >= 11 is 0. The van der Waals surface area contributed by atoms with Crippen LogP contribution in [0.4, 0.5) is 0 Å². The molecule has 0 radical (unpaired) electrons. The third-order valence-corrected chi connectivity index (χ3v) is 6.86. The van der Waals surface area contributed by atoms with Crippen LogP contribution in [-0.4, -0.2) is 121 Å². The molecule has 6 fully saturated rings. The molecule has 0 atom stereocenters. The molecule has 4 bridgehead atoms. The van der Waals surface area contributed by atoms with Crippen molar-refractivity contribution in [3.05, 3.63) is 0 Å². The molecule has 6 saturated heterocycles. The highest BCUT2D eigenvalue weighted by Crippen LogP contribution is 2.23. The van der Waals surface area contributed by atoms with Gasteiger partial charge in [-0.15, -0.1) is 0 Å². The van der Waals surface area contributed by atoms with Crippen molar-refractivity contribution in [1.82, 2.24) is 9.80 Å². The average Bonchev–Trinajstić information content (AvgIpc) is 2.55. The first kappa shape index (κ1) is 18.1. The van der Waals surface area contributed by atoms with E-state index in [0.717, 1.165) is 0 Å². The highest BCUT2D eigenvalue weighted by atomic mass is 16.0. The highest BCUT2D eigenvalue weighted by molar-refractivity contribution is 4.72. The van der Waals surface area contributed by atoms with Crippen molar-refractivity contribution in [2.75, 3.05) is 91.6 Å². The molecule has 0 aromatic heterocycles. The van der Waals surface area contributed by atoms with Crippen LogP contribution in [0.15, 0.2) is 0 Å². The standard InChI is InChI=1S/C16H32N4.2H2O/c1(9-19-11-3-17(4-12-19)5-13-19)2-10-20-14-6-18(7-15-20)8-16-20;;/h1-16H2;2*1H2/q+2;;/p-2. The summed E-state index contributed by atoms with van der Waals surface area (Å²) in [6.07, 6.45) is 2.95. The molecule has 22 heavy (non-hydrogen) atoms. The van der Waals surface area contributed by atoms with E-state index in [1.807, 2.05) is 0 Å². The van der Waals surface area contributed by atoms with E-state index >= 15 is 0 Å². The van der Waals surface area contributed by atoms with Gasteiger partial charge >= 0.3 is 0 Å². The zero-order valence-electron chi connectivity index (χ0n) is 14.0. The first-order chi connectivity index (χ1) is 9.78. The number of nitrogens with zero attached hydrogens (tertiary/aromatic N) is 4. The van der Waals surface area contributed by atoms with Crippen LogP contribution < -0.4 is 0 Å². The molecule has 0 aromatic carbocycles. The van der Waals surface area contributed by atoms with Crippen LogP contribution in [-0.2, 0) is 0 Å². The number of fused-ring (bicyclic) bond motifs is 6. The van der Waals surface area contributed by atoms with Gasteiger partial charge in [0.15, 0.2) is 0 Å². The first-order valence-corrected chi connectivity index (χ1v) is 8.93. The summed E-state index contributed by atoms with van der Waals surface area (Å²) in [5, 5.41) is 0. The normalized spacial score (nSPS) is 42.5. The average molecular weight is 314 g/mol. The lowest BCUT2D eigenvalue weighted by Gasteiger charge is -2.51. The van der Waals surface area contributed by atoms with Crippen molar-refractivity contribution in [1.29, 1.82) is 0 Å². The molecule has 0 amide bonds. The Morgan fingerprint density at radius 3 is 1.05 bits per heavy atom. The summed E-state index contributed by atoms with van der Waals surface area (Å²) in [7, 11) is 0. The minimum absolute atomic E-state index is 0. The predicted molar refractivity (Wildman–Crippen MR) is 85.4 cm³/mol. The fourth-order valence-corrected chi connectivity index (χ4v) is 5.03. The summed E-state index contributed by atoms with van der Waals surface area (Å²) in [5.74, 6) is 0. The molecule has 6 nitrogen and oxygen atoms in total. The quantitative estimate of drug-likeness (QED) is 0.516. The molecule has 0 aliphatic carbocycles. The van der Waals surface area contributed by atoms with Gasteiger partial charge in [0.2, 0.25) is 0 Å². The molecule has 6 heteroatoms. The summed E-state index contributed by atoms with van der Waals surface area (Å²) in [6, 6.07) is 0. The van der Waals surface area contributed by atoms with E-state index in [1.165, 1.54) is 113 Å². The largest absolute Gasteiger partial charge is 0.870 e. The number of unbranched alkanes of at least 4 members (excludes halogenated alkanes) is 1. The number of hydrogen-bond donors (Lipinski definition) is 0. The van der Waals surface area contributed by atoms with Gasteiger partial charge in [-0.1, -0.05) is 0 Å². The van der Waals surface area contributed by atoms with Crippen molar-refractivity contribution >= 4 is 0 Å². The molecule has 6 rings (SSSR count). The SMILES string of the molecule is C(CC[N+]12CCN(CC1)CC2)C[N+]12CCN(CC1)CC2.[OH-].[OH-]. The zero-order chi connectivity index (χ0) is 13.5. The molecule has 6 aliphatic heterocycles. The molecular formula is C16H34N4O2. The van der Waals surface area contributed by atoms with Crippen molar-refractivity contribution in [3.8, 4) is 0 Å². The van der Waals surface area contributed by atoms with Gasteiger partial charge in [0, 0.05) is 52.1 Å². The third kappa shape index (κ3) is 3.47. The molecule has 0 saturated carbocycles. The maximum atomic E-state index is 2.66. The van der Waals surface area contributed by atoms with Crippen LogP contribution in [0.3, 0.4) is 0 Å². The zero-order valence-corrected chi connectivity index (χ0v) is 14.0. The lowest BCUT2D eigenvalue weighted by Crippen LogP contribution is -2.68. The van der Waals surface area contributed by atoms with E-state index in [1.54, 1.807) is 0 Å². The third-order valence-electron chi connectivity index (χ3n) is 6.86. The van der Waals surface area contributed by atoms with Crippen molar-refractivity contribution in [3.63, 3.8) is 0 Å². The van der Waals surface area contributed by atoms with Gasteiger partial charge < -0.3 is 19.9 Å². The number of rotatable bonds is 5. The Morgan fingerprint density at radius 1 is 0.500 bits per heavy atom. The Kier molecular flexibility index (Phi) is 5.85. The molecule has 6 aliphatic rings. The van der Waals surface area contributed by atoms with Crippen molar-refractivity contribution in [2.24, 2.45) is 0 Å². The van der Waals surface area contributed by atoms with Gasteiger partial charge in [0.05, 0.1) is 52.4 Å². The van der Waals surface area contributed by atoms with Gasteiger partial charge in [0.1, 0.15) is 0 Å². The molecule has 0 unspecified atom stereocenters. The lowest BCUT2D eigenvalue weighted by atomic mass is 10.1. The second-order valence-electron chi connectivity index (χ2n) is 7.86. The van der Waals surface area contributed by atoms with E-state index in [4.69, 9.17) is 0 Å². The molecule has 0 spiro atoms. The Hall–Kier alpha value is -0.240. The first-order valence-electron chi connectivity index (χ1n) is 8.93. The van der Waals surface area contributed by atoms with Gasteiger partial charge in [-0.25, -0.2) is 0 Å². The predicted octanol–water partition coefficient (Wildman–Crippen LogP) is -0.295. The Labute approximate surface area is 135 Å². The summed E-state index contributed by atoms with van der Waals surface area (Å²) in [5.41, 5.74) is 0. The van der Waals surface area contributed by atoms with Crippen LogP contribution in [0.25, 0.3) is 0 Å². The van der Waals surface area contributed by atoms with Crippen LogP contribution in [0.1, 0.15) is 12.8 Å². The summed E-state index contributed by atoms with van der Waals surface area (Å²) in [6.45, 7) is 19.8. The van der Waals surface area contributed by atoms with Crippen LogP contribution in [0.5, 0.6) is 0 Å². The number of quaternary nitrogens is 2. The van der Waals surface area contributed by atoms with Crippen LogP contribution in [0.2, 0.25) is 0 Å². The minimum Gasteiger partial charge on any atom is -0.870 e. The molecular weight excluding hydrogens is 280 g/mol. The van der Waals surface area contributed by atoms with Gasteiger partial charge in [-0.2, -0.15) is 0 Å². The van der Waals surface area contributed by atoms with Crippen molar-refractivity contribution < 1.29 is 19.9 Å². The van der Waals surface area contributed by atoms with Gasteiger partial charge in [0.25, 0.3) is 0 Å². The molecule has 130 valence electrons. The summed E-state index contributed by atoms with van der Waals surface area (Å²) < 4.78 is 2.93. The topological polar surface area (TPSA) is 66.5 Å². The lowest BCUT2D eigenvalue weighted by molar-refractivity contribution is -0.946. The van der Waals surface area contributed by atoms with E-state index in [-0.39, 0.29) is 11.0 Å². The molecule has 2 N–H and O–H groups in total. The number of piperazine rings is 6. The smallest absolute Gasteiger partial charge is 0.0916 e. The monoisotopic (exact) mass is 314 g/mol. The number of hydrogen-bond acceptors (Lipinski definition) is 4. The Balaban J connectivity index is 0.000000882. The fourth-order valence-electron chi connectivity index (χ4n) is 5.03. The minimum atomic E-state index is 0. The highest BCUT2D eigenvalue weighted by Gasteiger charge is 2.39. The van der Waals surface area contributed by atoms with E-state index in [2.05, 4.69) is 9.80 Å². The Bertz CT molecular complexity index is 289. The molecule has 6 heterocycles. The van der Waals surface area contributed by atoms with Gasteiger partial charge in [-0.05, 0) is 0 Å². The maximum absolute atomic E-state index is 2.66. The van der Waals surface area contributed by atoms with E-state index < -0.39 is 0 Å². The van der Waals surface area contributed by atoms with E-state index in [0.29, 0.717) is 0 Å². The van der Waals surface area contributed by atoms with Crippen LogP contribution >= 0.6 is 0 Å². The van der Waals surface area contributed by atoms with Crippen molar-refractivity contribution in [2.45, 2.75) is 12.8 Å². The van der Waals surface area contributed by atoms with Gasteiger partial charge in [-0.3, -0.25) is 9.80 Å². The second kappa shape index (κ2) is 7.11. The second-order valence-corrected chi connectivity index (χ2v) is 7.86. The maximum Gasteiger partial charge on any atom is 0.0916 e. The molecule has 0 aromatic rings. The van der Waals surface area contributed by atoms with Crippen LogP contribution in [0, 0.1) is 0 Å². The van der Waals surface area contributed by atoms with E-state index in [9.17, 15) is 0 Å². The summed E-state index contributed by atoms with van der Waals surface area (Å²) in [4.78, 5) is 5.32.